The zero-order valence-electron chi connectivity index (χ0n) is 12.6. The number of benzene rings is 1. The summed E-state index contributed by atoms with van der Waals surface area (Å²) >= 11 is 5.92. The lowest BCUT2D eigenvalue weighted by Gasteiger charge is -2.23. The lowest BCUT2D eigenvalue weighted by atomic mass is 10.3. The van der Waals surface area contributed by atoms with Gasteiger partial charge in [-0.3, -0.25) is 14.8 Å². The molecule has 0 bridgehead atoms. The van der Waals surface area contributed by atoms with Gasteiger partial charge in [0.05, 0.1) is 38.2 Å². The summed E-state index contributed by atoms with van der Waals surface area (Å²) in [6, 6.07) is 6.37. The first kappa shape index (κ1) is 16.3. The average molecular weight is 351 g/mol. The number of morpholine rings is 1. The molecule has 3 rings (SSSR count). The molecule has 0 aliphatic carbocycles. The van der Waals surface area contributed by atoms with E-state index in [0.717, 1.165) is 4.57 Å². The quantitative estimate of drug-likeness (QED) is 0.787. The second kappa shape index (κ2) is 6.90. The van der Waals surface area contributed by atoms with E-state index in [1.807, 2.05) is 0 Å². The Labute approximate surface area is 141 Å². The Balaban J connectivity index is 2.04. The van der Waals surface area contributed by atoms with E-state index in [4.69, 9.17) is 16.3 Å². The van der Waals surface area contributed by atoms with Gasteiger partial charge in [-0.1, -0.05) is 17.7 Å². The molecule has 1 aromatic carbocycles. The van der Waals surface area contributed by atoms with Gasteiger partial charge in [0.15, 0.2) is 0 Å². The molecule has 0 saturated carbocycles. The van der Waals surface area contributed by atoms with Crippen LogP contribution in [0.25, 0.3) is 5.69 Å². The van der Waals surface area contributed by atoms with Crippen LogP contribution in [0.5, 0.6) is 5.88 Å². The minimum atomic E-state index is -0.761. The molecule has 8 nitrogen and oxygen atoms in total. The van der Waals surface area contributed by atoms with Crippen molar-refractivity contribution < 1.29 is 9.84 Å². The fraction of sp³-hybridized carbons (Fsp3) is 0.267. The van der Waals surface area contributed by atoms with Crippen molar-refractivity contribution in [1.82, 2.24) is 14.6 Å². The largest absolute Gasteiger partial charge is 0.493 e. The van der Waals surface area contributed by atoms with Crippen LogP contribution < -0.4 is 11.2 Å². The summed E-state index contributed by atoms with van der Waals surface area (Å²) in [5.41, 5.74) is -1.25. The summed E-state index contributed by atoms with van der Waals surface area (Å²) < 4.78 is 6.18. The van der Waals surface area contributed by atoms with Crippen LogP contribution in [0.15, 0.2) is 39.0 Å². The SMILES string of the molecule is O=c1[nH]c(=O)n(-c2cccc(Cl)c2)c(O)c1C=NN1CCOCC1. The van der Waals surface area contributed by atoms with Crippen molar-refractivity contribution in [2.75, 3.05) is 26.3 Å². The summed E-state index contributed by atoms with van der Waals surface area (Å²) in [6.45, 7) is 2.26. The van der Waals surface area contributed by atoms with E-state index >= 15 is 0 Å². The van der Waals surface area contributed by atoms with Crippen LogP contribution in [-0.4, -0.2) is 52.2 Å². The van der Waals surface area contributed by atoms with E-state index in [9.17, 15) is 14.7 Å². The monoisotopic (exact) mass is 350 g/mol. The number of hydrazone groups is 1. The molecule has 0 amide bonds. The van der Waals surface area contributed by atoms with Gasteiger partial charge in [-0.05, 0) is 18.2 Å². The van der Waals surface area contributed by atoms with E-state index in [1.165, 1.54) is 12.3 Å². The lowest BCUT2D eigenvalue weighted by molar-refractivity contribution is 0.0396. The summed E-state index contributed by atoms with van der Waals surface area (Å²) in [5, 5.41) is 16.7. The first-order chi connectivity index (χ1) is 11.6. The predicted octanol–water partition coefficient (Wildman–Crippen LogP) is 0.551. The van der Waals surface area contributed by atoms with Crippen molar-refractivity contribution in [3.8, 4) is 11.6 Å². The molecule has 0 radical (unpaired) electrons. The van der Waals surface area contributed by atoms with Crippen molar-refractivity contribution in [3.05, 3.63) is 55.7 Å². The number of halogens is 1. The summed E-state index contributed by atoms with van der Waals surface area (Å²) in [7, 11) is 0. The van der Waals surface area contributed by atoms with Crippen molar-refractivity contribution >= 4 is 17.8 Å². The highest BCUT2D eigenvalue weighted by Gasteiger charge is 2.15. The molecule has 24 heavy (non-hydrogen) atoms. The van der Waals surface area contributed by atoms with Crippen LogP contribution in [-0.2, 0) is 4.74 Å². The number of nitrogens with one attached hydrogen (secondary N) is 1. The van der Waals surface area contributed by atoms with Crippen molar-refractivity contribution in [2.45, 2.75) is 0 Å². The first-order valence-corrected chi connectivity index (χ1v) is 7.65. The second-order valence-electron chi connectivity index (χ2n) is 5.12. The lowest BCUT2D eigenvalue weighted by Crippen LogP contribution is -2.34. The van der Waals surface area contributed by atoms with Crippen LogP contribution >= 0.6 is 11.6 Å². The Morgan fingerprint density at radius 2 is 2.04 bits per heavy atom. The van der Waals surface area contributed by atoms with Gasteiger partial charge in [-0.15, -0.1) is 0 Å². The maximum absolute atomic E-state index is 12.1. The minimum Gasteiger partial charge on any atom is -0.493 e. The molecule has 1 fully saturated rings. The third-order valence-corrected chi connectivity index (χ3v) is 3.76. The number of aromatic amines is 1. The van der Waals surface area contributed by atoms with E-state index in [1.54, 1.807) is 23.2 Å². The number of hydrogen-bond donors (Lipinski definition) is 2. The van der Waals surface area contributed by atoms with E-state index in [2.05, 4.69) is 10.1 Å². The molecule has 1 aliphatic rings. The van der Waals surface area contributed by atoms with Crippen LogP contribution in [0.1, 0.15) is 5.56 Å². The van der Waals surface area contributed by atoms with Crippen molar-refractivity contribution in [2.24, 2.45) is 5.10 Å². The molecular formula is C15H15ClN4O4. The molecule has 1 aromatic heterocycles. The molecule has 0 spiro atoms. The van der Waals surface area contributed by atoms with Crippen LogP contribution in [0.2, 0.25) is 5.02 Å². The van der Waals surface area contributed by atoms with E-state index < -0.39 is 17.1 Å². The van der Waals surface area contributed by atoms with Gasteiger partial charge in [0.25, 0.3) is 5.56 Å². The molecule has 2 N–H and O–H groups in total. The fourth-order valence-corrected chi connectivity index (χ4v) is 2.50. The molecule has 1 aliphatic heterocycles. The average Bonchev–Trinajstić information content (AvgIpc) is 2.55. The molecule has 2 heterocycles. The van der Waals surface area contributed by atoms with Gasteiger partial charge in [0, 0.05) is 5.02 Å². The Bertz CT molecular complexity index is 884. The number of aromatic nitrogens is 2. The number of aromatic hydroxyl groups is 1. The van der Waals surface area contributed by atoms with E-state index in [0.29, 0.717) is 37.0 Å². The maximum atomic E-state index is 12.1. The van der Waals surface area contributed by atoms with Crippen LogP contribution in [0, 0.1) is 0 Å². The van der Waals surface area contributed by atoms with Gasteiger partial charge in [-0.25, -0.2) is 9.36 Å². The number of hydrogen-bond acceptors (Lipinski definition) is 6. The number of ether oxygens (including phenoxy) is 1. The highest BCUT2D eigenvalue weighted by molar-refractivity contribution is 6.30. The molecule has 2 aromatic rings. The normalized spacial score (nSPS) is 15.1. The van der Waals surface area contributed by atoms with E-state index in [-0.39, 0.29) is 5.56 Å². The Morgan fingerprint density at radius 3 is 2.75 bits per heavy atom. The molecule has 9 heteroatoms. The second-order valence-corrected chi connectivity index (χ2v) is 5.56. The third-order valence-electron chi connectivity index (χ3n) is 3.52. The Kier molecular flexibility index (Phi) is 4.68. The van der Waals surface area contributed by atoms with Gasteiger partial charge >= 0.3 is 5.69 Å². The first-order valence-electron chi connectivity index (χ1n) is 7.27. The molecule has 0 unspecified atom stereocenters. The fourth-order valence-electron chi connectivity index (χ4n) is 2.32. The van der Waals surface area contributed by atoms with Crippen LogP contribution in [0.3, 0.4) is 0 Å². The summed E-state index contributed by atoms with van der Waals surface area (Å²) in [6.07, 6.45) is 1.24. The topological polar surface area (TPSA) is 99.9 Å². The standard InChI is InChI=1S/C15H15ClN4O4/c16-10-2-1-3-11(8-10)20-14(22)12(13(21)18-15(20)23)9-17-19-4-6-24-7-5-19/h1-3,8-9,22H,4-7H2,(H,18,21,23). The highest BCUT2D eigenvalue weighted by Crippen LogP contribution is 2.18. The molecule has 0 atom stereocenters. The number of H-pyrrole nitrogens is 1. The number of nitrogens with zero attached hydrogens (tertiary/aromatic N) is 3. The predicted molar refractivity (Wildman–Crippen MR) is 89.3 cm³/mol. The van der Waals surface area contributed by atoms with Gasteiger partial charge in [0.2, 0.25) is 5.88 Å². The minimum absolute atomic E-state index is 0.110. The summed E-state index contributed by atoms with van der Waals surface area (Å²) in [4.78, 5) is 26.2. The smallest absolute Gasteiger partial charge is 0.335 e. The molecular weight excluding hydrogens is 336 g/mol. The van der Waals surface area contributed by atoms with Gasteiger partial charge in [0.1, 0.15) is 5.56 Å². The zero-order chi connectivity index (χ0) is 17.1. The van der Waals surface area contributed by atoms with Gasteiger partial charge < -0.3 is 9.84 Å². The number of rotatable bonds is 3. The van der Waals surface area contributed by atoms with Crippen LogP contribution in [0.4, 0.5) is 0 Å². The molecule has 126 valence electrons. The van der Waals surface area contributed by atoms with Gasteiger partial charge in [-0.2, -0.15) is 5.10 Å². The van der Waals surface area contributed by atoms with Crippen molar-refractivity contribution in [1.29, 1.82) is 0 Å². The molecule has 1 saturated heterocycles. The van der Waals surface area contributed by atoms with Crippen molar-refractivity contribution in [3.63, 3.8) is 0 Å². The Hall–Kier alpha value is -2.58. The summed E-state index contributed by atoms with van der Waals surface area (Å²) in [5.74, 6) is -0.497. The highest BCUT2D eigenvalue weighted by atomic mass is 35.5. The third kappa shape index (κ3) is 3.34. The Morgan fingerprint density at radius 1 is 1.29 bits per heavy atom. The zero-order valence-corrected chi connectivity index (χ0v) is 13.4. The maximum Gasteiger partial charge on any atom is 0.335 e.